The van der Waals surface area contributed by atoms with Gasteiger partial charge in [-0.3, -0.25) is 28.2 Å². The van der Waals surface area contributed by atoms with Crippen molar-refractivity contribution >= 4 is 44.2 Å². The van der Waals surface area contributed by atoms with Crippen molar-refractivity contribution in [3.05, 3.63) is 96.2 Å². The van der Waals surface area contributed by atoms with Gasteiger partial charge in [-0.2, -0.15) is 8.42 Å². The number of benzene rings is 2. The van der Waals surface area contributed by atoms with Crippen LogP contribution in [0.1, 0.15) is 60.1 Å². The molecule has 2 aliphatic rings. The first-order valence-electron chi connectivity index (χ1n) is 17.0. The van der Waals surface area contributed by atoms with Gasteiger partial charge in [0.2, 0.25) is 5.43 Å². The van der Waals surface area contributed by atoms with Crippen LogP contribution < -0.4 is 26.9 Å². The number of aromatic carboxylic acids is 1. The fourth-order valence-electron chi connectivity index (χ4n) is 6.72. The highest BCUT2D eigenvalue weighted by molar-refractivity contribution is 7.84. The fourth-order valence-corrected chi connectivity index (χ4v) is 7.29. The second kappa shape index (κ2) is 14.4. The summed E-state index contributed by atoms with van der Waals surface area (Å²) in [6, 6.07) is 9.50. The minimum Gasteiger partial charge on any atom is -0.477 e. The number of piperazine rings is 1. The Morgan fingerprint density at radius 3 is 2.33 bits per heavy atom. The maximum Gasteiger partial charge on any atom is 0.341 e. The van der Waals surface area contributed by atoms with Crippen molar-refractivity contribution in [1.82, 2.24) is 18.6 Å². The van der Waals surface area contributed by atoms with E-state index >= 15 is 4.39 Å². The van der Waals surface area contributed by atoms with E-state index in [1.807, 2.05) is 30.9 Å². The van der Waals surface area contributed by atoms with Gasteiger partial charge in [0.15, 0.2) is 5.88 Å². The molecule has 2 fully saturated rings. The van der Waals surface area contributed by atoms with Gasteiger partial charge in [-0.05, 0) is 81.0 Å². The molecule has 0 radical (unpaired) electrons. The Morgan fingerprint density at radius 2 is 1.69 bits per heavy atom. The summed E-state index contributed by atoms with van der Waals surface area (Å²) in [5.41, 5.74) is 0.997. The van der Waals surface area contributed by atoms with E-state index in [0.29, 0.717) is 62.5 Å². The number of halogens is 1. The van der Waals surface area contributed by atoms with Crippen LogP contribution in [0.25, 0.3) is 10.9 Å². The van der Waals surface area contributed by atoms with Crippen molar-refractivity contribution in [3.63, 3.8) is 0 Å². The summed E-state index contributed by atoms with van der Waals surface area (Å²) in [6.07, 6.45) is 4.89. The van der Waals surface area contributed by atoms with Gasteiger partial charge in [-0.1, -0.05) is 13.0 Å². The predicted molar refractivity (Wildman–Crippen MR) is 192 cm³/mol. The van der Waals surface area contributed by atoms with Crippen LogP contribution in [0, 0.1) is 12.7 Å². The van der Waals surface area contributed by atoms with Crippen LogP contribution >= 0.6 is 0 Å². The molecule has 2 aromatic heterocycles. The van der Waals surface area contributed by atoms with Crippen molar-refractivity contribution in [1.29, 1.82) is 0 Å². The molecule has 0 atom stereocenters. The number of anilines is 3. The monoisotopic (exact) mass is 724 g/mol. The zero-order valence-electron chi connectivity index (χ0n) is 28.5. The van der Waals surface area contributed by atoms with E-state index in [0.717, 1.165) is 51.7 Å². The standard InChI is InChI=1S/C35H41FN6O8S/c1-3-23-16-24(7-6-22(23)2)37-31-19-32(43)40(35(47)42(31)21-51(48,49)50)11-5-4-10-38-12-14-39(15-13-38)30-18-29-26(17-28(30)36)33(44)27(34(45)46)20-41(29)25-8-9-25/h6-7,16-20,25,37H,3-5,8-15,21H2,1-2H3,(H,45,46)(H,48,49,50). The molecule has 1 saturated carbocycles. The molecule has 2 aromatic carbocycles. The molecule has 1 aliphatic carbocycles. The quantitative estimate of drug-likeness (QED) is 0.136. The number of aryl methyl sites for hydroxylation is 2. The Morgan fingerprint density at radius 1 is 0.980 bits per heavy atom. The summed E-state index contributed by atoms with van der Waals surface area (Å²) in [5.74, 6) is -3.00. The molecule has 6 rings (SSSR count). The first-order valence-corrected chi connectivity index (χ1v) is 18.6. The molecule has 3 heterocycles. The third kappa shape index (κ3) is 7.92. The summed E-state index contributed by atoms with van der Waals surface area (Å²) in [4.78, 5) is 55.0. The minimum absolute atomic E-state index is 0.0441. The van der Waals surface area contributed by atoms with E-state index in [1.165, 1.54) is 6.20 Å². The average Bonchev–Trinajstić information content (AvgIpc) is 3.92. The maximum absolute atomic E-state index is 15.4. The Labute approximate surface area is 293 Å². The lowest BCUT2D eigenvalue weighted by molar-refractivity contribution is 0.0694. The average molecular weight is 725 g/mol. The summed E-state index contributed by atoms with van der Waals surface area (Å²) < 4.78 is 52.2. The Balaban J connectivity index is 1.10. The molecule has 1 saturated heterocycles. The van der Waals surface area contributed by atoms with E-state index in [9.17, 15) is 37.3 Å². The Hall–Kier alpha value is -4.80. The number of carbonyl (C=O) groups is 1. The molecule has 4 aromatic rings. The van der Waals surface area contributed by atoms with Gasteiger partial charge in [0.1, 0.15) is 17.2 Å². The van der Waals surface area contributed by atoms with Crippen LogP contribution in [-0.4, -0.2) is 75.4 Å². The lowest BCUT2D eigenvalue weighted by Crippen LogP contribution is -2.47. The Kier molecular flexibility index (Phi) is 10.2. The summed E-state index contributed by atoms with van der Waals surface area (Å²) in [6.45, 7) is 6.90. The molecule has 272 valence electrons. The second-order valence-corrected chi connectivity index (χ2v) is 14.7. The molecule has 0 bridgehead atoms. The summed E-state index contributed by atoms with van der Waals surface area (Å²) >= 11 is 0. The normalized spacial score (nSPS) is 15.4. The van der Waals surface area contributed by atoms with Crippen LogP contribution in [0.2, 0.25) is 0 Å². The number of fused-ring (bicyclic) bond motifs is 1. The predicted octanol–water partition coefficient (Wildman–Crippen LogP) is 3.56. The molecule has 1 aliphatic heterocycles. The van der Waals surface area contributed by atoms with E-state index in [-0.39, 0.29) is 29.4 Å². The van der Waals surface area contributed by atoms with Crippen LogP contribution in [0.4, 0.5) is 21.6 Å². The molecular formula is C35H41FN6O8S. The molecule has 0 amide bonds. The third-order valence-corrected chi connectivity index (χ3v) is 10.2. The summed E-state index contributed by atoms with van der Waals surface area (Å²) in [5, 5.41) is 12.5. The molecule has 16 heteroatoms. The van der Waals surface area contributed by atoms with Crippen molar-refractivity contribution in [2.24, 2.45) is 0 Å². The van der Waals surface area contributed by atoms with E-state index in [4.69, 9.17) is 0 Å². The van der Waals surface area contributed by atoms with Gasteiger partial charge >= 0.3 is 11.7 Å². The molecule has 3 N–H and O–H groups in total. The van der Waals surface area contributed by atoms with E-state index in [1.54, 1.807) is 16.7 Å². The van der Waals surface area contributed by atoms with Crippen molar-refractivity contribution in [2.75, 3.05) is 42.9 Å². The third-order valence-electron chi connectivity index (χ3n) is 9.66. The van der Waals surface area contributed by atoms with Gasteiger partial charge in [0.05, 0.1) is 11.2 Å². The molecule has 0 unspecified atom stereocenters. The van der Waals surface area contributed by atoms with Crippen molar-refractivity contribution in [3.8, 4) is 0 Å². The largest absolute Gasteiger partial charge is 0.477 e. The van der Waals surface area contributed by atoms with Gasteiger partial charge in [0.25, 0.3) is 15.7 Å². The number of carboxylic acid groups (broad SMARTS) is 1. The SMILES string of the molecule is CCc1cc(Nc2cc(=O)n(CCCCN3CCN(c4cc5c(cc4F)c(=O)c(C(=O)O)cn5C4CC4)CC3)c(=O)n2CS(=O)(=O)O)ccc1C. The smallest absolute Gasteiger partial charge is 0.341 e. The number of pyridine rings is 1. The highest BCUT2D eigenvalue weighted by Crippen LogP contribution is 2.38. The van der Waals surface area contributed by atoms with Crippen LogP contribution in [0.5, 0.6) is 0 Å². The minimum atomic E-state index is -4.61. The number of hydrogen-bond donors (Lipinski definition) is 3. The molecule has 51 heavy (non-hydrogen) atoms. The van der Waals surface area contributed by atoms with Gasteiger partial charge in [0, 0.05) is 62.1 Å². The molecular weight excluding hydrogens is 683 g/mol. The van der Waals surface area contributed by atoms with E-state index in [2.05, 4.69) is 10.2 Å². The van der Waals surface area contributed by atoms with Gasteiger partial charge < -0.3 is 19.9 Å². The number of rotatable bonds is 13. The van der Waals surface area contributed by atoms with Crippen LogP contribution in [0.15, 0.2) is 57.0 Å². The fraction of sp³-hybridized carbons (Fsp3) is 0.429. The number of nitrogens with zero attached hydrogens (tertiary/aromatic N) is 5. The van der Waals surface area contributed by atoms with E-state index < -0.39 is 44.5 Å². The second-order valence-electron chi connectivity index (χ2n) is 13.2. The number of unbranched alkanes of at least 4 members (excludes halogenated alkanes) is 1. The lowest BCUT2D eigenvalue weighted by Gasteiger charge is -2.36. The lowest BCUT2D eigenvalue weighted by atomic mass is 10.1. The maximum atomic E-state index is 15.4. The van der Waals surface area contributed by atoms with Crippen molar-refractivity contribution in [2.45, 2.75) is 64.4 Å². The first kappa shape index (κ1) is 36.0. The van der Waals surface area contributed by atoms with Crippen LogP contribution in [-0.2, 0) is 29.0 Å². The number of carboxylic acids is 1. The number of hydrogen-bond acceptors (Lipinski definition) is 9. The molecule has 14 nitrogen and oxygen atoms in total. The first-order chi connectivity index (χ1) is 24.2. The van der Waals surface area contributed by atoms with Crippen molar-refractivity contribution < 1.29 is 27.3 Å². The Bertz CT molecular complexity index is 2290. The van der Waals surface area contributed by atoms with Gasteiger partial charge in [-0.15, -0.1) is 0 Å². The topological polar surface area (TPSA) is 176 Å². The zero-order valence-corrected chi connectivity index (χ0v) is 29.3. The van der Waals surface area contributed by atoms with Gasteiger partial charge in [-0.25, -0.2) is 14.0 Å². The molecule has 0 spiro atoms. The van der Waals surface area contributed by atoms with Crippen LogP contribution in [0.3, 0.4) is 0 Å². The number of aromatic nitrogens is 3. The highest BCUT2D eigenvalue weighted by atomic mass is 32.2. The number of nitrogens with one attached hydrogen (secondary N) is 1. The zero-order chi connectivity index (χ0) is 36.6. The highest BCUT2D eigenvalue weighted by Gasteiger charge is 2.28. The summed E-state index contributed by atoms with van der Waals surface area (Å²) in [7, 11) is -4.61.